The minimum absolute atomic E-state index is 0.245. The van der Waals surface area contributed by atoms with Crippen LogP contribution in [0.25, 0.3) is 0 Å². The molecule has 3 rings (SSSR count). The second kappa shape index (κ2) is 9.54. The molecule has 0 spiro atoms. The van der Waals surface area contributed by atoms with E-state index in [9.17, 15) is 4.79 Å². The van der Waals surface area contributed by atoms with Crippen LogP contribution in [0.5, 0.6) is 5.75 Å². The largest absolute Gasteiger partial charge is 0.497 e. The number of likely N-dealkylation sites (tertiary alicyclic amines) is 1. The fourth-order valence-corrected chi connectivity index (χ4v) is 3.75. The maximum absolute atomic E-state index is 12.3. The number of hydrogen-bond acceptors (Lipinski definition) is 3. The molecule has 1 fully saturated rings. The van der Waals surface area contributed by atoms with Gasteiger partial charge in [-0.25, -0.2) is 0 Å². The summed E-state index contributed by atoms with van der Waals surface area (Å²) < 4.78 is 5.14. The second-order valence-corrected chi connectivity index (χ2v) is 7.25. The van der Waals surface area contributed by atoms with Crippen molar-refractivity contribution < 1.29 is 9.53 Å². The monoisotopic (exact) mass is 351 g/mol. The molecule has 0 amide bonds. The van der Waals surface area contributed by atoms with E-state index in [1.165, 1.54) is 37.9 Å². The molecular weight excluding hydrogens is 322 g/mol. The lowest BCUT2D eigenvalue weighted by molar-refractivity contribution is 0.0974. The minimum Gasteiger partial charge on any atom is -0.497 e. The highest BCUT2D eigenvalue weighted by atomic mass is 16.5. The average Bonchev–Trinajstić information content (AvgIpc) is 2.70. The molecule has 0 saturated carbocycles. The number of ketones is 1. The summed E-state index contributed by atoms with van der Waals surface area (Å²) in [5.41, 5.74) is 2.19. The summed E-state index contributed by atoms with van der Waals surface area (Å²) in [6, 6.07) is 18.2. The quantitative estimate of drug-likeness (QED) is 0.630. The van der Waals surface area contributed by atoms with Gasteiger partial charge in [-0.3, -0.25) is 9.69 Å². The highest BCUT2D eigenvalue weighted by Crippen LogP contribution is 2.24. The van der Waals surface area contributed by atoms with Crippen LogP contribution in [0.2, 0.25) is 0 Å². The number of benzene rings is 2. The summed E-state index contributed by atoms with van der Waals surface area (Å²) in [4.78, 5) is 14.8. The van der Waals surface area contributed by atoms with Crippen molar-refractivity contribution >= 4 is 5.78 Å². The number of carbonyl (C=O) groups excluding carboxylic acids is 1. The van der Waals surface area contributed by atoms with Crippen molar-refractivity contribution in [3.8, 4) is 5.75 Å². The molecule has 0 N–H and O–H groups in total. The van der Waals surface area contributed by atoms with Gasteiger partial charge in [0.2, 0.25) is 0 Å². The molecule has 0 radical (unpaired) electrons. The first-order valence-corrected chi connectivity index (χ1v) is 9.68. The SMILES string of the molecule is COc1ccc(C(=O)CCCC2CCN(Cc3ccccc3)CC2)cc1. The minimum atomic E-state index is 0.245. The van der Waals surface area contributed by atoms with Crippen molar-refractivity contribution in [3.05, 3.63) is 65.7 Å². The number of hydrogen-bond donors (Lipinski definition) is 0. The predicted molar refractivity (Wildman–Crippen MR) is 106 cm³/mol. The van der Waals surface area contributed by atoms with E-state index in [1.54, 1.807) is 7.11 Å². The lowest BCUT2D eigenvalue weighted by atomic mass is 9.90. The molecule has 1 aliphatic rings. The van der Waals surface area contributed by atoms with Crippen LogP contribution in [-0.4, -0.2) is 30.9 Å². The van der Waals surface area contributed by atoms with E-state index >= 15 is 0 Å². The van der Waals surface area contributed by atoms with Crippen molar-refractivity contribution in [3.63, 3.8) is 0 Å². The van der Waals surface area contributed by atoms with Crippen LogP contribution < -0.4 is 4.74 Å². The van der Waals surface area contributed by atoms with Gasteiger partial charge in [0.1, 0.15) is 5.75 Å². The summed E-state index contributed by atoms with van der Waals surface area (Å²) >= 11 is 0. The highest BCUT2D eigenvalue weighted by Gasteiger charge is 2.19. The molecule has 3 heteroatoms. The number of nitrogens with zero attached hydrogens (tertiary/aromatic N) is 1. The number of rotatable bonds is 8. The molecule has 2 aromatic rings. The number of carbonyl (C=O) groups is 1. The molecular formula is C23H29NO2. The van der Waals surface area contributed by atoms with Gasteiger partial charge in [-0.15, -0.1) is 0 Å². The Balaban J connectivity index is 1.35. The summed E-state index contributed by atoms with van der Waals surface area (Å²) in [5.74, 6) is 1.81. The van der Waals surface area contributed by atoms with Gasteiger partial charge in [0.25, 0.3) is 0 Å². The molecule has 26 heavy (non-hydrogen) atoms. The summed E-state index contributed by atoms with van der Waals surface area (Å²) in [6.45, 7) is 3.40. The van der Waals surface area contributed by atoms with Gasteiger partial charge in [0.05, 0.1) is 7.11 Å². The zero-order valence-corrected chi connectivity index (χ0v) is 15.7. The molecule has 0 atom stereocenters. The molecule has 0 bridgehead atoms. The summed E-state index contributed by atoms with van der Waals surface area (Å²) in [5, 5.41) is 0. The standard InChI is InChI=1S/C23H29NO2/c1-26-22-12-10-21(11-13-22)23(25)9-5-8-19-14-16-24(17-15-19)18-20-6-3-2-4-7-20/h2-4,6-7,10-13,19H,5,8-9,14-18H2,1H3. The fraction of sp³-hybridized carbons (Fsp3) is 0.435. The van der Waals surface area contributed by atoms with E-state index in [-0.39, 0.29) is 5.78 Å². The summed E-state index contributed by atoms with van der Waals surface area (Å²) in [7, 11) is 1.64. The van der Waals surface area contributed by atoms with Crippen molar-refractivity contribution in [2.75, 3.05) is 20.2 Å². The Morgan fingerprint density at radius 2 is 1.73 bits per heavy atom. The predicted octanol–water partition coefficient (Wildman–Crippen LogP) is 4.96. The Hall–Kier alpha value is -2.13. The smallest absolute Gasteiger partial charge is 0.162 e. The Kier molecular flexibility index (Phi) is 6.84. The molecule has 138 valence electrons. The van der Waals surface area contributed by atoms with E-state index < -0.39 is 0 Å². The number of ether oxygens (including phenoxy) is 1. The number of Topliss-reactive ketones (excluding diaryl/α,β-unsaturated/α-hetero) is 1. The van der Waals surface area contributed by atoms with Crippen LogP contribution in [0.1, 0.15) is 48.0 Å². The molecule has 0 aliphatic carbocycles. The Morgan fingerprint density at radius 3 is 2.38 bits per heavy atom. The van der Waals surface area contributed by atoms with E-state index in [0.717, 1.165) is 30.2 Å². The van der Waals surface area contributed by atoms with Gasteiger partial charge >= 0.3 is 0 Å². The van der Waals surface area contributed by atoms with Crippen molar-refractivity contribution in [2.24, 2.45) is 5.92 Å². The molecule has 0 aromatic heterocycles. The van der Waals surface area contributed by atoms with Gasteiger partial charge in [-0.1, -0.05) is 30.3 Å². The van der Waals surface area contributed by atoms with Crippen molar-refractivity contribution in [2.45, 2.75) is 38.6 Å². The third-order valence-corrected chi connectivity index (χ3v) is 5.38. The van der Waals surface area contributed by atoms with Crippen LogP contribution in [0.15, 0.2) is 54.6 Å². The van der Waals surface area contributed by atoms with Gasteiger partial charge < -0.3 is 4.74 Å². The molecule has 0 unspecified atom stereocenters. The molecule has 1 saturated heterocycles. The zero-order chi connectivity index (χ0) is 18.2. The average molecular weight is 351 g/mol. The molecule has 3 nitrogen and oxygen atoms in total. The normalized spacial score (nSPS) is 15.7. The van der Waals surface area contributed by atoms with Crippen LogP contribution in [-0.2, 0) is 6.54 Å². The maximum Gasteiger partial charge on any atom is 0.162 e. The number of piperidine rings is 1. The Labute approximate surface area is 157 Å². The third kappa shape index (κ3) is 5.43. The maximum atomic E-state index is 12.3. The Morgan fingerprint density at radius 1 is 1.04 bits per heavy atom. The van der Waals surface area contributed by atoms with Crippen molar-refractivity contribution in [1.29, 1.82) is 0 Å². The van der Waals surface area contributed by atoms with Crippen LogP contribution in [0.4, 0.5) is 0 Å². The summed E-state index contributed by atoms with van der Waals surface area (Å²) in [6.07, 6.45) is 5.32. The second-order valence-electron chi connectivity index (χ2n) is 7.25. The Bertz CT molecular complexity index is 673. The fourth-order valence-electron chi connectivity index (χ4n) is 3.75. The van der Waals surface area contributed by atoms with E-state index in [0.29, 0.717) is 6.42 Å². The lowest BCUT2D eigenvalue weighted by Crippen LogP contribution is -2.33. The van der Waals surface area contributed by atoms with Gasteiger partial charge in [0, 0.05) is 18.5 Å². The van der Waals surface area contributed by atoms with E-state index in [1.807, 2.05) is 24.3 Å². The van der Waals surface area contributed by atoms with Gasteiger partial charge in [-0.2, -0.15) is 0 Å². The zero-order valence-electron chi connectivity index (χ0n) is 15.7. The lowest BCUT2D eigenvalue weighted by Gasteiger charge is -2.32. The first-order chi connectivity index (χ1) is 12.7. The van der Waals surface area contributed by atoms with Gasteiger partial charge in [-0.05, 0) is 74.5 Å². The van der Waals surface area contributed by atoms with Crippen LogP contribution in [0, 0.1) is 5.92 Å². The number of methoxy groups -OCH3 is 1. The first-order valence-electron chi connectivity index (χ1n) is 9.68. The molecule has 2 aromatic carbocycles. The van der Waals surface area contributed by atoms with Crippen molar-refractivity contribution in [1.82, 2.24) is 4.90 Å². The topological polar surface area (TPSA) is 29.5 Å². The molecule has 1 heterocycles. The third-order valence-electron chi connectivity index (χ3n) is 5.38. The molecule has 1 aliphatic heterocycles. The van der Waals surface area contributed by atoms with E-state index in [2.05, 4.69) is 35.2 Å². The first kappa shape index (κ1) is 18.7. The van der Waals surface area contributed by atoms with Gasteiger partial charge in [0.15, 0.2) is 5.78 Å². The highest BCUT2D eigenvalue weighted by molar-refractivity contribution is 5.96. The van der Waals surface area contributed by atoms with Crippen LogP contribution >= 0.6 is 0 Å². The van der Waals surface area contributed by atoms with E-state index in [4.69, 9.17) is 4.74 Å². The van der Waals surface area contributed by atoms with Crippen LogP contribution in [0.3, 0.4) is 0 Å².